The monoisotopic (exact) mass is 277 g/mol. The van der Waals surface area contributed by atoms with Gasteiger partial charge in [-0.2, -0.15) is 13.2 Å². The van der Waals surface area contributed by atoms with Crippen LogP contribution in [0.4, 0.5) is 13.2 Å². The maximum Gasteiger partial charge on any atom is 0.422 e. The second-order valence-electron chi connectivity index (χ2n) is 4.09. The van der Waals surface area contributed by atoms with Gasteiger partial charge in [0.05, 0.1) is 7.11 Å². The molecule has 1 aromatic rings. The van der Waals surface area contributed by atoms with E-state index in [0.717, 1.165) is 12.1 Å². The second kappa shape index (κ2) is 6.65. The Morgan fingerprint density at radius 1 is 1.26 bits per heavy atom. The highest BCUT2D eigenvalue weighted by Gasteiger charge is 2.29. The van der Waals surface area contributed by atoms with Crippen molar-refractivity contribution in [3.63, 3.8) is 0 Å². The Hall–Kier alpha value is -1.43. The van der Waals surface area contributed by atoms with Gasteiger partial charge in [-0.05, 0) is 31.2 Å². The lowest BCUT2D eigenvalue weighted by Crippen LogP contribution is -2.20. The first-order chi connectivity index (χ1) is 8.87. The Morgan fingerprint density at radius 3 is 2.47 bits per heavy atom. The molecule has 1 N–H and O–H groups in total. The van der Waals surface area contributed by atoms with E-state index in [0.29, 0.717) is 5.75 Å². The molecule has 1 unspecified atom stereocenters. The van der Waals surface area contributed by atoms with Crippen molar-refractivity contribution in [2.75, 3.05) is 20.3 Å². The molecular weight excluding hydrogens is 259 g/mol. The van der Waals surface area contributed by atoms with Crippen LogP contribution < -0.4 is 14.8 Å². The Bertz CT molecular complexity index is 407. The lowest BCUT2D eigenvalue weighted by Gasteiger charge is -2.17. The molecule has 0 aliphatic rings. The molecule has 3 nitrogen and oxygen atoms in total. The third kappa shape index (κ3) is 4.98. The highest BCUT2D eigenvalue weighted by Crippen LogP contribution is 2.31. The van der Waals surface area contributed by atoms with Crippen LogP contribution in [0.2, 0.25) is 0 Å². The van der Waals surface area contributed by atoms with Gasteiger partial charge in [-0.1, -0.05) is 13.0 Å². The molecule has 1 aromatic carbocycles. The van der Waals surface area contributed by atoms with E-state index in [4.69, 9.17) is 9.47 Å². The lowest BCUT2D eigenvalue weighted by atomic mass is 10.1. The number of ether oxygens (including phenoxy) is 2. The van der Waals surface area contributed by atoms with E-state index in [1.165, 1.54) is 13.2 Å². The first-order valence-corrected chi connectivity index (χ1v) is 5.98. The Balaban J connectivity index is 2.84. The Kier molecular flexibility index (Phi) is 5.47. The maximum atomic E-state index is 12.1. The summed E-state index contributed by atoms with van der Waals surface area (Å²) in [6, 6.07) is 4.99. The van der Waals surface area contributed by atoms with Crippen molar-refractivity contribution in [2.45, 2.75) is 26.1 Å². The molecule has 0 radical (unpaired) electrons. The van der Waals surface area contributed by atoms with Gasteiger partial charge in [0.1, 0.15) is 0 Å². The topological polar surface area (TPSA) is 30.5 Å². The van der Waals surface area contributed by atoms with E-state index in [-0.39, 0.29) is 11.8 Å². The van der Waals surface area contributed by atoms with E-state index < -0.39 is 12.8 Å². The van der Waals surface area contributed by atoms with Gasteiger partial charge < -0.3 is 14.8 Å². The molecule has 0 heterocycles. The lowest BCUT2D eigenvalue weighted by molar-refractivity contribution is -0.153. The van der Waals surface area contributed by atoms with Crippen LogP contribution in [-0.4, -0.2) is 26.4 Å². The minimum atomic E-state index is -4.36. The summed E-state index contributed by atoms with van der Waals surface area (Å²) >= 11 is 0. The first kappa shape index (κ1) is 15.6. The summed E-state index contributed by atoms with van der Waals surface area (Å²) in [4.78, 5) is 0. The van der Waals surface area contributed by atoms with Gasteiger partial charge in [0.15, 0.2) is 18.1 Å². The van der Waals surface area contributed by atoms with E-state index >= 15 is 0 Å². The molecule has 0 spiro atoms. The largest absolute Gasteiger partial charge is 0.493 e. The van der Waals surface area contributed by atoms with Crippen LogP contribution in [0.1, 0.15) is 25.5 Å². The van der Waals surface area contributed by atoms with Gasteiger partial charge in [-0.15, -0.1) is 0 Å². The van der Waals surface area contributed by atoms with Gasteiger partial charge in [0.25, 0.3) is 0 Å². The van der Waals surface area contributed by atoms with Crippen molar-refractivity contribution < 1.29 is 22.6 Å². The third-order valence-electron chi connectivity index (χ3n) is 2.59. The molecule has 0 saturated carbocycles. The number of hydrogen-bond acceptors (Lipinski definition) is 3. The molecule has 0 saturated heterocycles. The zero-order valence-corrected chi connectivity index (χ0v) is 11.2. The molecule has 19 heavy (non-hydrogen) atoms. The predicted octanol–water partition coefficient (Wildman–Crippen LogP) is 3.31. The molecule has 108 valence electrons. The fourth-order valence-corrected chi connectivity index (χ4v) is 1.66. The molecule has 6 heteroatoms. The van der Waals surface area contributed by atoms with Crippen LogP contribution in [-0.2, 0) is 0 Å². The molecule has 0 aromatic heterocycles. The van der Waals surface area contributed by atoms with E-state index in [9.17, 15) is 13.2 Å². The smallest absolute Gasteiger partial charge is 0.422 e. The zero-order chi connectivity index (χ0) is 14.5. The molecule has 1 atom stereocenters. The summed E-state index contributed by atoms with van der Waals surface area (Å²) in [5.41, 5.74) is 0.929. The van der Waals surface area contributed by atoms with Gasteiger partial charge in [0.2, 0.25) is 0 Å². The molecule has 0 aliphatic heterocycles. The average Bonchev–Trinajstić information content (AvgIpc) is 2.35. The van der Waals surface area contributed by atoms with Crippen molar-refractivity contribution in [1.82, 2.24) is 5.32 Å². The van der Waals surface area contributed by atoms with Gasteiger partial charge in [-0.3, -0.25) is 0 Å². The minimum absolute atomic E-state index is 0.0901. The number of alkyl halides is 3. The van der Waals surface area contributed by atoms with Crippen molar-refractivity contribution >= 4 is 0 Å². The fraction of sp³-hybridized carbons (Fsp3) is 0.538. The molecule has 0 bridgehead atoms. The van der Waals surface area contributed by atoms with Crippen molar-refractivity contribution in [3.05, 3.63) is 23.8 Å². The number of halogens is 3. The van der Waals surface area contributed by atoms with E-state index in [1.807, 2.05) is 13.8 Å². The van der Waals surface area contributed by atoms with Gasteiger partial charge in [-0.25, -0.2) is 0 Å². The SMILES string of the molecule is CCNC(C)c1ccc(OCC(F)(F)F)c(OC)c1. The van der Waals surface area contributed by atoms with Crippen LogP contribution >= 0.6 is 0 Å². The first-order valence-electron chi connectivity index (χ1n) is 5.98. The third-order valence-corrected chi connectivity index (χ3v) is 2.59. The molecule has 1 rings (SSSR count). The second-order valence-corrected chi connectivity index (χ2v) is 4.09. The van der Waals surface area contributed by atoms with E-state index in [1.54, 1.807) is 12.1 Å². The standard InChI is InChI=1S/C13H18F3NO2/c1-4-17-9(2)10-5-6-11(12(7-10)18-3)19-8-13(14,15)16/h5-7,9,17H,4,8H2,1-3H3. The summed E-state index contributed by atoms with van der Waals surface area (Å²) in [5.74, 6) is 0.388. The quantitative estimate of drug-likeness (QED) is 0.865. The zero-order valence-electron chi connectivity index (χ0n) is 11.2. The van der Waals surface area contributed by atoms with Gasteiger partial charge >= 0.3 is 6.18 Å². The summed E-state index contributed by atoms with van der Waals surface area (Å²) < 4.78 is 46.1. The summed E-state index contributed by atoms with van der Waals surface area (Å²) in [6.45, 7) is 3.42. The summed E-state index contributed by atoms with van der Waals surface area (Å²) in [5, 5.41) is 3.21. The maximum absolute atomic E-state index is 12.1. The van der Waals surface area contributed by atoms with Crippen LogP contribution in [0.15, 0.2) is 18.2 Å². The Labute approximate surface area is 110 Å². The molecule has 0 amide bonds. The highest BCUT2D eigenvalue weighted by atomic mass is 19.4. The van der Waals surface area contributed by atoms with Crippen LogP contribution in [0, 0.1) is 0 Å². The molecular formula is C13H18F3NO2. The number of hydrogen-bond donors (Lipinski definition) is 1. The van der Waals surface area contributed by atoms with Crippen molar-refractivity contribution in [1.29, 1.82) is 0 Å². The minimum Gasteiger partial charge on any atom is -0.493 e. The molecule has 0 aliphatic carbocycles. The van der Waals surface area contributed by atoms with Crippen LogP contribution in [0.3, 0.4) is 0 Å². The van der Waals surface area contributed by atoms with E-state index in [2.05, 4.69) is 5.32 Å². The number of methoxy groups -OCH3 is 1. The Morgan fingerprint density at radius 2 is 1.95 bits per heavy atom. The fourth-order valence-electron chi connectivity index (χ4n) is 1.66. The van der Waals surface area contributed by atoms with Crippen LogP contribution in [0.25, 0.3) is 0 Å². The van der Waals surface area contributed by atoms with Crippen LogP contribution in [0.5, 0.6) is 11.5 Å². The highest BCUT2D eigenvalue weighted by molar-refractivity contribution is 5.43. The van der Waals surface area contributed by atoms with Crippen molar-refractivity contribution in [2.24, 2.45) is 0 Å². The average molecular weight is 277 g/mol. The summed E-state index contributed by atoms with van der Waals surface area (Å²) in [7, 11) is 1.40. The summed E-state index contributed by atoms with van der Waals surface area (Å²) in [6.07, 6.45) is -4.36. The number of rotatable bonds is 6. The van der Waals surface area contributed by atoms with Crippen molar-refractivity contribution in [3.8, 4) is 11.5 Å². The number of benzene rings is 1. The predicted molar refractivity (Wildman–Crippen MR) is 66.6 cm³/mol. The number of nitrogens with one attached hydrogen (secondary N) is 1. The molecule has 0 fully saturated rings. The normalized spacial score (nSPS) is 13.2. The van der Waals surface area contributed by atoms with Gasteiger partial charge in [0, 0.05) is 6.04 Å².